The Morgan fingerprint density at radius 1 is 1.00 bits per heavy atom. The SMILES string of the molecule is CC(C)Cc1ccc(C(C)C(=O)NC(=S)Nc2cccc(C(=O)N3CCN(C)CC3)c2)cc1. The van der Waals surface area contributed by atoms with Crippen LogP contribution in [0.3, 0.4) is 0 Å². The molecule has 1 atom stereocenters. The molecule has 2 N–H and O–H groups in total. The summed E-state index contributed by atoms with van der Waals surface area (Å²) >= 11 is 5.35. The van der Waals surface area contributed by atoms with Crippen molar-refractivity contribution in [3.05, 3.63) is 65.2 Å². The molecule has 1 aliphatic rings. The fraction of sp³-hybridized carbons (Fsp3) is 0.423. The van der Waals surface area contributed by atoms with Gasteiger partial charge < -0.3 is 20.4 Å². The molecular formula is C26H34N4O2S. The molecule has 0 aromatic heterocycles. The van der Waals surface area contributed by atoms with E-state index in [0.717, 1.165) is 38.2 Å². The van der Waals surface area contributed by atoms with E-state index in [0.29, 0.717) is 17.2 Å². The summed E-state index contributed by atoms with van der Waals surface area (Å²) < 4.78 is 0. The summed E-state index contributed by atoms with van der Waals surface area (Å²) in [4.78, 5) is 29.6. The van der Waals surface area contributed by atoms with Crippen molar-refractivity contribution in [2.45, 2.75) is 33.1 Å². The van der Waals surface area contributed by atoms with Gasteiger partial charge in [-0.05, 0) is 67.9 Å². The van der Waals surface area contributed by atoms with Gasteiger partial charge in [0.2, 0.25) is 5.91 Å². The van der Waals surface area contributed by atoms with E-state index >= 15 is 0 Å². The molecule has 0 spiro atoms. The molecule has 176 valence electrons. The molecule has 1 fully saturated rings. The Balaban J connectivity index is 1.56. The number of anilines is 1. The number of carbonyl (C=O) groups is 2. The molecule has 2 aromatic rings. The molecule has 6 nitrogen and oxygen atoms in total. The van der Waals surface area contributed by atoms with Gasteiger partial charge in [-0.15, -0.1) is 0 Å². The first-order valence-corrected chi connectivity index (χ1v) is 11.9. The number of nitrogens with zero attached hydrogens (tertiary/aromatic N) is 2. The summed E-state index contributed by atoms with van der Waals surface area (Å²) in [6.45, 7) is 9.43. The molecule has 2 aromatic carbocycles. The normalized spacial score (nSPS) is 15.2. The van der Waals surface area contributed by atoms with Crippen LogP contribution in [0, 0.1) is 5.92 Å². The van der Waals surface area contributed by atoms with E-state index in [9.17, 15) is 9.59 Å². The van der Waals surface area contributed by atoms with Crippen LogP contribution in [0.4, 0.5) is 5.69 Å². The lowest BCUT2D eigenvalue weighted by atomic mass is 9.96. The maximum Gasteiger partial charge on any atom is 0.254 e. The molecule has 33 heavy (non-hydrogen) atoms. The van der Waals surface area contributed by atoms with Crippen molar-refractivity contribution < 1.29 is 9.59 Å². The maximum absolute atomic E-state index is 12.8. The number of benzene rings is 2. The van der Waals surface area contributed by atoms with E-state index in [-0.39, 0.29) is 22.8 Å². The highest BCUT2D eigenvalue weighted by Gasteiger charge is 2.21. The molecule has 1 heterocycles. The molecule has 2 amide bonds. The van der Waals surface area contributed by atoms with Crippen LogP contribution in [-0.2, 0) is 11.2 Å². The highest BCUT2D eigenvalue weighted by atomic mass is 32.1. The average Bonchev–Trinajstić information content (AvgIpc) is 2.79. The molecule has 0 aliphatic carbocycles. The Bertz CT molecular complexity index is 982. The zero-order valence-corrected chi connectivity index (χ0v) is 20.7. The highest BCUT2D eigenvalue weighted by Crippen LogP contribution is 2.18. The first-order chi connectivity index (χ1) is 15.7. The summed E-state index contributed by atoms with van der Waals surface area (Å²) in [7, 11) is 2.06. The maximum atomic E-state index is 12.8. The fourth-order valence-electron chi connectivity index (χ4n) is 3.87. The van der Waals surface area contributed by atoms with Crippen LogP contribution >= 0.6 is 12.2 Å². The van der Waals surface area contributed by atoms with E-state index in [2.05, 4.69) is 48.6 Å². The Morgan fingerprint density at radius 3 is 2.30 bits per heavy atom. The summed E-state index contributed by atoms with van der Waals surface area (Å²) in [5.74, 6) is 0.100. The van der Waals surface area contributed by atoms with Crippen LogP contribution in [0.1, 0.15) is 48.2 Å². The van der Waals surface area contributed by atoms with Gasteiger partial charge in [-0.3, -0.25) is 9.59 Å². The minimum absolute atomic E-state index is 0.0104. The monoisotopic (exact) mass is 466 g/mol. The summed E-state index contributed by atoms with van der Waals surface area (Å²) in [6.07, 6.45) is 1.02. The average molecular weight is 467 g/mol. The molecule has 1 saturated heterocycles. The molecule has 0 saturated carbocycles. The highest BCUT2D eigenvalue weighted by molar-refractivity contribution is 7.80. The minimum Gasteiger partial charge on any atom is -0.336 e. The summed E-state index contributed by atoms with van der Waals surface area (Å²) in [6, 6.07) is 15.4. The zero-order valence-electron chi connectivity index (χ0n) is 19.9. The number of nitrogens with one attached hydrogen (secondary N) is 2. The minimum atomic E-state index is -0.331. The van der Waals surface area contributed by atoms with E-state index in [1.165, 1.54) is 5.56 Å². The van der Waals surface area contributed by atoms with Crippen LogP contribution in [0.25, 0.3) is 0 Å². The molecule has 0 radical (unpaired) electrons. The second-order valence-corrected chi connectivity index (χ2v) is 9.59. The summed E-state index contributed by atoms with van der Waals surface area (Å²) in [5.41, 5.74) is 3.49. The second-order valence-electron chi connectivity index (χ2n) is 9.18. The van der Waals surface area contributed by atoms with Gasteiger partial charge in [0.1, 0.15) is 0 Å². The molecule has 7 heteroatoms. The van der Waals surface area contributed by atoms with Crippen molar-refractivity contribution in [2.75, 3.05) is 38.5 Å². The number of carbonyl (C=O) groups excluding carboxylic acids is 2. The number of likely N-dealkylation sites (N-methyl/N-ethyl adjacent to an activating group) is 1. The second kappa shape index (κ2) is 11.4. The van der Waals surface area contributed by atoms with Gasteiger partial charge >= 0.3 is 0 Å². The Kier molecular flexibility index (Phi) is 8.58. The topological polar surface area (TPSA) is 64.7 Å². The third-order valence-corrected chi connectivity index (χ3v) is 6.12. The summed E-state index contributed by atoms with van der Waals surface area (Å²) in [5, 5.41) is 6.02. The zero-order chi connectivity index (χ0) is 24.0. The van der Waals surface area contributed by atoms with E-state index in [1.807, 2.05) is 36.1 Å². The molecule has 1 unspecified atom stereocenters. The lowest BCUT2D eigenvalue weighted by molar-refractivity contribution is -0.120. The van der Waals surface area contributed by atoms with Gasteiger partial charge in [0, 0.05) is 37.4 Å². The van der Waals surface area contributed by atoms with Gasteiger partial charge in [0.15, 0.2) is 5.11 Å². The van der Waals surface area contributed by atoms with Crippen molar-refractivity contribution in [3.63, 3.8) is 0 Å². The first-order valence-electron chi connectivity index (χ1n) is 11.5. The van der Waals surface area contributed by atoms with E-state index in [4.69, 9.17) is 12.2 Å². The third-order valence-electron chi connectivity index (χ3n) is 5.91. The number of rotatable bonds is 6. The quantitative estimate of drug-likeness (QED) is 0.633. The van der Waals surface area contributed by atoms with Gasteiger partial charge in [0.05, 0.1) is 5.92 Å². The van der Waals surface area contributed by atoms with Crippen molar-refractivity contribution in [1.82, 2.24) is 15.1 Å². The third kappa shape index (κ3) is 7.11. The lowest BCUT2D eigenvalue weighted by Gasteiger charge is -2.32. The molecule has 1 aliphatic heterocycles. The number of amides is 2. The predicted octanol–water partition coefficient (Wildman–Crippen LogP) is 3.89. The van der Waals surface area contributed by atoms with Gasteiger partial charge in [0.25, 0.3) is 5.91 Å². The lowest BCUT2D eigenvalue weighted by Crippen LogP contribution is -2.47. The predicted molar refractivity (Wildman–Crippen MR) is 138 cm³/mol. The van der Waals surface area contributed by atoms with Crippen LogP contribution in [0.15, 0.2) is 48.5 Å². The van der Waals surface area contributed by atoms with Crippen LogP contribution in [-0.4, -0.2) is 60.0 Å². The Morgan fingerprint density at radius 2 is 1.67 bits per heavy atom. The van der Waals surface area contributed by atoms with Crippen molar-refractivity contribution in [3.8, 4) is 0 Å². The number of piperazine rings is 1. The number of hydrogen-bond acceptors (Lipinski definition) is 4. The number of hydrogen-bond donors (Lipinski definition) is 2. The smallest absolute Gasteiger partial charge is 0.254 e. The molecule has 3 rings (SSSR count). The Hall–Kier alpha value is -2.77. The standard InChI is InChI=1S/C26H34N4O2S/c1-18(2)16-20-8-10-21(11-9-20)19(3)24(31)28-26(33)27-23-7-5-6-22(17-23)25(32)30-14-12-29(4)13-15-30/h5-11,17-19H,12-16H2,1-4H3,(H2,27,28,31,33). The van der Waals surface area contributed by atoms with Crippen molar-refractivity contribution in [1.29, 1.82) is 0 Å². The fourth-order valence-corrected chi connectivity index (χ4v) is 4.09. The van der Waals surface area contributed by atoms with Crippen LogP contribution in [0.5, 0.6) is 0 Å². The Labute approximate surface area is 202 Å². The largest absolute Gasteiger partial charge is 0.336 e. The van der Waals surface area contributed by atoms with Crippen LogP contribution in [0.2, 0.25) is 0 Å². The van der Waals surface area contributed by atoms with Gasteiger partial charge in [-0.25, -0.2) is 0 Å². The van der Waals surface area contributed by atoms with Crippen molar-refractivity contribution >= 4 is 34.8 Å². The van der Waals surface area contributed by atoms with E-state index in [1.54, 1.807) is 12.1 Å². The van der Waals surface area contributed by atoms with Crippen LogP contribution < -0.4 is 10.6 Å². The van der Waals surface area contributed by atoms with Gasteiger partial charge in [-0.2, -0.15) is 0 Å². The number of thiocarbonyl (C=S) groups is 1. The van der Waals surface area contributed by atoms with E-state index < -0.39 is 0 Å². The molecular weight excluding hydrogens is 432 g/mol. The van der Waals surface area contributed by atoms with Crippen molar-refractivity contribution in [2.24, 2.45) is 5.92 Å². The van der Waals surface area contributed by atoms with Gasteiger partial charge in [-0.1, -0.05) is 44.2 Å². The first kappa shape index (κ1) is 24.9. The molecule has 0 bridgehead atoms.